The molecule has 0 aromatic rings. The van der Waals surface area contributed by atoms with Gasteiger partial charge in [0.15, 0.2) is 0 Å². The largest absolute Gasteiger partial charge is 0.383 e. The summed E-state index contributed by atoms with van der Waals surface area (Å²) in [5, 5.41) is 0. The summed E-state index contributed by atoms with van der Waals surface area (Å²) in [6.45, 7) is 5.48. The quantitative estimate of drug-likeness (QED) is 0.697. The first-order valence-corrected chi connectivity index (χ1v) is 5.78. The number of amides is 1. The van der Waals surface area contributed by atoms with E-state index in [0.29, 0.717) is 25.6 Å². The Morgan fingerprint density at radius 2 is 2.19 bits per heavy atom. The van der Waals surface area contributed by atoms with Crippen LogP contribution in [0.4, 0.5) is 0 Å². The van der Waals surface area contributed by atoms with Gasteiger partial charge in [-0.2, -0.15) is 0 Å². The van der Waals surface area contributed by atoms with E-state index < -0.39 is 0 Å². The number of methoxy groups -OCH3 is 1. The summed E-state index contributed by atoms with van der Waals surface area (Å²) in [5.74, 6) is 0.605. The maximum Gasteiger partial charge on any atom is 0.241 e. The molecule has 1 saturated heterocycles. The first-order valence-electron chi connectivity index (χ1n) is 5.78. The number of carbonyl (C=O) groups excluding carboxylic acids is 1. The fourth-order valence-electron chi connectivity index (χ4n) is 2.23. The lowest BCUT2D eigenvalue weighted by Crippen LogP contribution is -2.49. The molecule has 1 rings (SSSR count). The predicted octanol–water partition coefficient (Wildman–Crippen LogP) is -0.630. The third-order valence-corrected chi connectivity index (χ3v) is 3.05. The summed E-state index contributed by atoms with van der Waals surface area (Å²) in [7, 11) is 3.62. The fourth-order valence-corrected chi connectivity index (χ4v) is 2.23. The van der Waals surface area contributed by atoms with Gasteiger partial charge in [0.2, 0.25) is 5.91 Å². The van der Waals surface area contributed by atoms with E-state index in [1.54, 1.807) is 7.11 Å². The molecule has 2 atom stereocenters. The van der Waals surface area contributed by atoms with Crippen LogP contribution in [0, 0.1) is 5.92 Å². The molecule has 0 aromatic carbocycles. The minimum Gasteiger partial charge on any atom is -0.383 e. The number of nitrogens with zero attached hydrogens (tertiary/aromatic N) is 2. The van der Waals surface area contributed by atoms with E-state index in [1.807, 2.05) is 11.9 Å². The Morgan fingerprint density at radius 3 is 2.75 bits per heavy atom. The second-order valence-corrected chi connectivity index (χ2v) is 4.57. The number of hydrogen-bond donors (Lipinski definition) is 1. The zero-order valence-corrected chi connectivity index (χ0v) is 10.5. The highest BCUT2D eigenvalue weighted by Crippen LogP contribution is 2.13. The molecular weight excluding hydrogens is 206 g/mol. The predicted molar refractivity (Wildman–Crippen MR) is 63.1 cm³/mol. The normalized spacial score (nSPS) is 28.2. The summed E-state index contributed by atoms with van der Waals surface area (Å²) in [4.78, 5) is 16.1. The van der Waals surface area contributed by atoms with Gasteiger partial charge in [-0.15, -0.1) is 0 Å². The molecule has 2 unspecified atom stereocenters. The van der Waals surface area contributed by atoms with E-state index >= 15 is 0 Å². The lowest BCUT2D eigenvalue weighted by atomic mass is 10.1. The zero-order valence-electron chi connectivity index (χ0n) is 10.5. The van der Waals surface area contributed by atoms with Crippen molar-refractivity contribution in [2.75, 3.05) is 46.9 Å². The molecule has 1 aliphatic rings. The van der Waals surface area contributed by atoms with Crippen LogP contribution in [-0.4, -0.2) is 68.7 Å². The molecule has 5 heteroatoms. The Morgan fingerprint density at radius 1 is 1.50 bits per heavy atom. The Balaban J connectivity index is 2.71. The second kappa shape index (κ2) is 6.18. The molecule has 5 nitrogen and oxygen atoms in total. The SMILES string of the molecule is COCCN1CC(C)CN(C)C(CN)C1=O. The van der Waals surface area contributed by atoms with E-state index in [1.165, 1.54) is 0 Å². The van der Waals surface area contributed by atoms with Crippen LogP contribution in [0.1, 0.15) is 6.92 Å². The van der Waals surface area contributed by atoms with Crippen molar-refractivity contribution in [1.82, 2.24) is 9.80 Å². The van der Waals surface area contributed by atoms with Crippen molar-refractivity contribution in [3.8, 4) is 0 Å². The maximum atomic E-state index is 12.2. The second-order valence-electron chi connectivity index (χ2n) is 4.57. The third-order valence-electron chi connectivity index (χ3n) is 3.05. The number of hydrogen-bond acceptors (Lipinski definition) is 4. The van der Waals surface area contributed by atoms with Gasteiger partial charge in [-0.3, -0.25) is 9.69 Å². The van der Waals surface area contributed by atoms with E-state index in [4.69, 9.17) is 10.5 Å². The summed E-state index contributed by atoms with van der Waals surface area (Å²) in [6.07, 6.45) is 0. The first kappa shape index (κ1) is 13.4. The highest BCUT2D eigenvalue weighted by Gasteiger charge is 2.31. The van der Waals surface area contributed by atoms with Crippen LogP contribution < -0.4 is 5.73 Å². The molecule has 94 valence electrons. The first-order chi connectivity index (χ1) is 7.60. The highest BCUT2D eigenvalue weighted by molar-refractivity contribution is 5.82. The van der Waals surface area contributed by atoms with Crippen LogP contribution in [0.25, 0.3) is 0 Å². The Kier molecular flexibility index (Phi) is 5.18. The van der Waals surface area contributed by atoms with Crippen LogP contribution >= 0.6 is 0 Å². The molecule has 1 fully saturated rings. The van der Waals surface area contributed by atoms with Crippen molar-refractivity contribution in [2.45, 2.75) is 13.0 Å². The van der Waals surface area contributed by atoms with Gasteiger partial charge in [0.1, 0.15) is 6.04 Å². The topological polar surface area (TPSA) is 58.8 Å². The molecule has 2 N–H and O–H groups in total. The van der Waals surface area contributed by atoms with E-state index in [-0.39, 0.29) is 11.9 Å². The van der Waals surface area contributed by atoms with Gasteiger partial charge in [0.05, 0.1) is 6.61 Å². The third kappa shape index (κ3) is 3.17. The summed E-state index contributed by atoms with van der Waals surface area (Å²) < 4.78 is 5.03. The smallest absolute Gasteiger partial charge is 0.241 e. The van der Waals surface area contributed by atoms with Gasteiger partial charge in [0, 0.05) is 33.3 Å². The number of rotatable bonds is 4. The van der Waals surface area contributed by atoms with Crippen LogP contribution in [0.5, 0.6) is 0 Å². The average molecular weight is 229 g/mol. The van der Waals surface area contributed by atoms with E-state index in [9.17, 15) is 4.79 Å². The standard InChI is InChI=1S/C11H23N3O2/c1-9-7-13(2)10(6-12)11(15)14(8-9)4-5-16-3/h9-10H,4-8,12H2,1-3H3. The lowest BCUT2D eigenvalue weighted by molar-refractivity contribution is -0.135. The van der Waals surface area contributed by atoms with Gasteiger partial charge in [-0.05, 0) is 13.0 Å². The zero-order chi connectivity index (χ0) is 12.1. The molecule has 0 aromatic heterocycles. The molecule has 0 saturated carbocycles. The van der Waals surface area contributed by atoms with Crippen molar-refractivity contribution >= 4 is 5.91 Å². The molecular formula is C11H23N3O2. The summed E-state index contributed by atoms with van der Waals surface area (Å²) in [5.41, 5.74) is 5.67. The lowest BCUT2D eigenvalue weighted by Gasteiger charge is -2.26. The minimum absolute atomic E-state index is 0.131. The molecule has 1 heterocycles. The van der Waals surface area contributed by atoms with Crippen LogP contribution in [0.15, 0.2) is 0 Å². The number of nitrogens with two attached hydrogens (primary N) is 1. The van der Waals surface area contributed by atoms with E-state index in [0.717, 1.165) is 13.1 Å². The van der Waals surface area contributed by atoms with Crippen LogP contribution in [0.3, 0.4) is 0 Å². The highest BCUT2D eigenvalue weighted by atomic mass is 16.5. The van der Waals surface area contributed by atoms with Crippen molar-refractivity contribution in [3.63, 3.8) is 0 Å². The Bertz CT molecular complexity index is 235. The molecule has 0 bridgehead atoms. The molecule has 0 spiro atoms. The molecule has 0 aliphatic carbocycles. The fraction of sp³-hybridized carbons (Fsp3) is 0.909. The monoisotopic (exact) mass is 229 g/mol. The summed E-state index contributed by atoms with van der Waals surface area (Å²) in [6, 6.07) is -0.179. The van der Waals surface area contributed by atoms with Crippen molar-refractivity contribution in [2.24, 2.45) is 11.7 Å². The molecule has 0 radical (unpaired) electrons. The minimum atomic E-state index is -0.179. The Labute approximate surface area is 97.5 Å². The van der Waals surface area contributed by atoms with Gasteiger partial charge < -0.3 is 15.4 Å². The van der Waals surface area contributed by atoms with Gasteiger partial charge >= 0.3 is 0 Å². The molecule has 1 aliphatic heterocycles. The Hall–Kier alpha value is -0.650. The maximum absolute atomic E-state index is 12.2. The van der Waals surface area contributed by atoms with Gasteiger partial charge in [-0.25, -0.2) is 0 Å². The van der Waals surface area contributed by atoms with Crippen molar-refractivity contribution in [1.29, 1.82) is 0 Å². The van der Waals surface area contributed by atoms with E-state index in [2.05, 4.69) is 11.8 Å². The molecule has 1 amide bonds. The molecule has 16 heavy (non-hydrogen) atoms. The number of likely N-dealkylation sites (N-methyl/N-ethyl adjacent to an activating group) is 1. The van der Waals surface area contributed by atoms with Gasteiger partial charge in [0.25, 0.3) is 0 Å². The average Bonchev–Trinajstić information content (AvgIpc) is 2.33. The van der Waals surface area contributed by atoms with Crippen LogP contribution in [0.2, 0.25) is 0 Å². The van der Waals surface area contributed by atoms with Crippen LogP contribution in [-0.2, 0) is 9.53 Å². The van der Waals surface area contributed by atoms with Gasteiger partial charge in [-0.1, -0.05) is 6.92 Å². The van der Waals surface area contributed by atoms with Crippen molar-refractivity contribution in [3.05, 3.63) is 0 Å². The number of ether oxygens (including phenoxy) is 1. The number of carbonyl (C=O) groups is 1. The van der Waals surface area contributed by atoms with Crippen molar-refractivity contribution < 1.29 is 9.53 Å². The summed E-state index contributed by atoms with van der Waals surface area (Å²) >= 11 is 0.